The molecule has 0 bridgehead atoms. The molecule has 4 nitrogen and oxygen atoms in total. The van der Waals surface area contributed by atoms with Crippen LogP contribution >= 0.6 is 0 Å². The van der Waals surface area contributed by atoms with Crippen molar-refractivity contribution in [3.63, 3.8) is 0 Å². The van der Waals surface area contributed by atoms with Crippen molar-refractivity contribution >= 4 is 5.97 Å². The van der Waals surface area contributed by atoms with Gasteiger partial charge in [0.1, 0.15) is 0 Å². The first-order valence-corrected chi connectivity index (χ1v) is 6.95. The van der Waals surface area contributed by atoms with Gasteiger partial charge in [0.25, 0.3) is 0 Å². The number of esters is 1. The number of rotatable bonds is 6. The Bertz CT molecular complexity index is 532. The molecule has 106 valence electrons. The number of hydrogen-bond acceptors (Lipinski definition) is 3. The van der Waals surface area contributed by atoms with E-state index in [-0.39, 0.29) is 11.9 Å². The lowest BCUT2D eigenvalue weighted by molar-refractivity contribution is -0.145. The molecular weight excluding hydrogens is 252 g/mol. The van der Waals surface area contributed by atoms with E-state index in [1.54, 1.807) is 12.5 Å². The van der Waals surface area contributed by atoms with Crippen LogP contribution in [-0.4, -0.2) is 22.1 Å². The molecule has 0 saturated carbocycles. The second-order valence-electron chi connectivity index (χ2n) is 4.69. The first-order chi connectivity index (χ1) is 9.74. The van der Waals surface area contributed by atoms with Gasteiger partial charge in [-0.3, -0.25) is 4.79 Å². The summed E-state index contributed by atoms with van der Waals surface area (Å²) in [6, 6.07) is 8.13. The highest BCUT2D eigenvalue weighted by Crippen LogP contribution is 2.21. The molecule has 0 saturated heterocycles. The van der Waals surface area contributed by atoms with Gasteiger partial charge in [-0.05, 0) is 24.5 Å². The minimum atomic E-state index is -0.169. The standard InChI is InChI=1S/C16H20N2O2/c1-3-15(16(19)20-4-2)14-7-5-13(6-8-14)11-18-10-9-17-12-18/h5-10,12,15H,3-4,11H2,1-2H3. The number of nitrogens with zero attached hydrogens (tertiary/aromatic N) is 2. The number of hydrogen-bond donors (Lipinski definition) is 0. The molecule has 20 heavy (non-hydrogen) atoms. The van der Waals surface area contributed by atoms with Crippen LogP contribution in [0.3, 0.4) is 0 Å². The molecule has 1 atom stereocenters. The Morgan fingerprint density at radius 1 is 1.30 bits per heavy atom. The van der Waals surface area contributed by atoms with Crippen LogP contribution in [0.2, 0.25) is 0 Å². The SMILES string of the molecule is CCOC(=O)C(CC)c1ccc(Cn2ccnc2)cc1. The summed E-state index contributed by atoms with van der Waals surface area (Å²) in [5, 5.41) is 0. The van der Waals surface area contributed by atoms with Crippen molar-refractivity contribution in [2.24, 2.45) is 0 Å². The fraction of sp³-hybridized carbons (Fsp3) is 0.375. The van der Waals surface area contributed by atoms with Crippen molar-refractivity contribution in [1.29, 1.82) is 0 Å². The summed E-state index contributed by atoms with van der Waals surface area (Å²) < 4.78 is 7.13. The summed E-state index contributed by atoms with van der Waals surface area (Å²) in [5.41, 5.74) is 2.20. The third-order valence-electron chi connectivity index (χ3n) is 3.29. The molecule has 2 aromatic rings. The van der Waals surface area contributed by atoms with Gasteiger partial charge in [0, 0.05) is 18.9 Å². The van der Waals surface area contributed by atoms with Crippen LogP contribution in [0.25, 0.3) is 0 Å². The largest absolute Gasteiger partial charge is 0.466 e. The van der Waals surface area contributed by atoms with Gasteiger partial charge in [-0.1, -0.05) is 31.2 Å². The molecule has 0 aliphatic heterocycles. The monoisotopic (exact) mass is 272 g/mol. The quantitative estimate of drug-likeness (QED) is 0.759. The maximum atomic E-state index is 11.9. The number of aromatic nitrogens is 2. The predicted octanol–water partition coefficient (Wildman–Crippen LogP) is 2.99. The lowest BCUT2D eigenvalue weighted by Crippen LogP contribution is -2.15. The molecule has 0 spiro atoms. The van der Waals surface area contributed by atoms with Crippen LogP contribution in [0.15, 0.2) is 43.0 Å². The lowest BCUT2D eigenvalue weighted by Gasteiger charge is -2.14. The van der Waals surface area contributed by atoms with E-state index in [4.69, 9.17) is 4.74 Å². The van der Waals surface area contributed by atoms with Gasteiger partial charge in [-0.25, -0.2) is 4.98 Å². The van der Waals surface area contributed by atoms with Crippen molar-refractivity contribution < 1.29 is 9.53 Å². The van der Waals surface area contributed by atoms with E-state index in [0.717, 1.165) is 18.5 Å². The van der Waals surface area contributed by atoms with Crippen molar-refractivity contribution in [1.82, 2.24) is 9.55 Å². The van der Waals surface area contributed by atoms with Crippen molar-refractivity contribution in [2.45, 2.75) is 32.7 Å². The average Bonchev–Trinajstić information content (AvgIpc) is 2.95. The van der Waals surface area contributed by atoms with Crippen molar-refractivity contribution in [3.05, 3.63) is 54.1 Å². The Morgan fingerprint density at radius 2 is 2.05 bits per heavy atom. The van der Waals surface area contributed by atoms with Crippen LogP contribution in [0, 0.1) is 0 Å². The van der Waals surface area contributed by atoms with E-state index >= 15 is 0 Å². The van der Waals surface area contributed by atoms with Gasteiger partial charge in [-0.15, -0.1) is 0 Å². The lowest BCUT2D eigenvalue weighted by atomic mass is 9.95. The number of imidazole rings is 1. The molecule has 1 aromatic carbocycles. The highest BCUT2D eigenvalue weighted by Gasteiger charge is 2.19. The fourth-order valence-electron chi connectivity index (χ4n) is 2.23. The summed E-state index contributed by atoms with van der Waals surface area (Å²) in [4.78, 5) is 15.9. The molecule has 0 fully saturated rings. The Balaban J connectivity index is 2.08. The predicted molar refractivity (Wildman–Crippen MR) is 77.4 cm³/mol. The van der Waals surface area contributed by atoms with Crippen LogP contribution in [0.5, 0.6) is 0 Å². The smallest absolute Gasteiger partial charge is 0.313 e. The molecule has 4 heteroatoms. The van der Waals surface area contributed by atoms with Crippen LogP contribution in [-0.2, 0) is 16.1 Å². The summed E-state index contributed by atoms with van der Waals surface area (Å²) in [5.74, 6) is -0.311. The molecule has 0 amide bonds. The Labute approximate surface area is 119 Å². The first-order valence-electron chi connectivity index (χ1n) is 6.95. The third kappa shape index (κ3) is 3.47. The molecule has 1 aromatic heterocycles. The van der Waals surface area contributed by atoms with Gasteiger partial charge in [0.2, 0.25) is 0 Å². The van der Waals surface area contributed by atoms with E-state index < -0.39 is 0 Å². The molecule has 0 N–H and O–H groups in total. The summed E-state index contributed by atoms with van der Waals surface area (Å²) in [7, 11) is 0. The van der Waals surface area contributed by atoms with E-state index in [1.165, 1.54) is 5.56 Å². The number of carbonyl (C=O) groups is 1. The Kier molecular flexibility index (Phi) is 4.93. The average molecular weight is 272 g/mol. The van der Waals surface area contributed by atoms with Gasteiger partial charge >= 0.3 is 5.97 Å². The van der Waals surface area contributed by atoms with Crippen LogP contribution in [0.4, 0.5) is 0 Å². The summed E-state index contributed by atoms with van der Waals surface area (Å²) >= 11 is 0. The highest BCUT2D eigenvalue weighted by molar-refractivity contribution is 5.78. The van der Waals surface area contributed by atoms with E-state index in [0.29, 0.717) is 6.61 Å². The Morgan fingerprint density at radius 3 is 2.60 bits per heavy atom. The second kappa shape index (κ2) is 6.89. The van der Waals surface area contributed by atoms with E-state index in [9.17, 15) is 4.79 Å². The van der Waals surface area contributed by atoms with Crippen LogP contribution in [0.1, 0.15) is 37.3 Å². The van der Waals surface area contributed by atoms with Gasteiger partial charge in [0.15, 0.2) is 0 Å². The minimum absolute atomic E-state index is 0.141. The topological polar surface area (TPSA) is 44.1 Å². The van der Waals surface area contributed by atoms with Crippen LogP contribution < -0.4 is 0 Å². The number of carbonyl (C=O) groups excluding carboxylic acids is 1. The molecule has 1 heterocycles. The Hall–Kier alpha value is -2.10. The zero-order valence-corrected chi connectivity index (χ0v) is 12.0. The van der Waals surface area contributed by atoms with Gasteiger partial charge in [-0.2, -0.15) is 0 Å². The second-order valence-corrected chi connectivity index (χ2v) is 4.69. The molecule has 0 radical (unpaired) electrons. The normalized spacial score (nSPS) is 12.1. The van der Waals surface area contributed by atoms with E-state index in [2.05, 4.69) is 17.1 Å². The molecule has 1 unspecified atom stereocenters. The maximum absolute atomic E-state index is 11.9. The zero-order valence-electron chi connectivity index (χ0n) is 12.0. The van der Waals surface area contributed by atoms with E-state index in [1.807, 2.05) is 36.7 Å². The molecule has 2 rings (SSSR count). The summed E-state index contributed by atoms with van der Waals surface area (Å²) in [6.45, 7) is 5.05. The molecular formula is C16H20N2O2. The van der Waals surface area contributed by atoms with Crippen molar-refractivity contribution in [3.8, 4) is 0 Å². The maximum Gasteiger partial charge on any atom is 0.313 e. The third-order valence-corrected chi connectivity index (χ3v) is 3.29. The van der Waals surface area contributed by atoms with Gasteiger partial charge < -0.3 is 9.30 Å². The summed E-state index contributed by atoms with van der Waals surface area (Å²) in [6.07, 6.45) is 6.24. The first kappa shape index (κ1) is 14.3. The van der Waals surface area contributed by atoms with Crippen molar-refractivity contribution in [2.75, 3.05) is 6.61 Å². The zero-order chi connectivity index (χ0) is 14.4. The molecule has 0 aliphatic rings. The highest BCUT2D eigenvalue weighted by atomic mass is 16.5. The number of ether oxygens (including phenoxy) is 1. The van der Waals surface area contributed by atoms with Gasteiger partial charge in [0.05, 0.1) is 18.9 Å². The minimum Gasteiger partial charge on any atom is -0.466 e. The fourth-order valence-corrected chi connectivity index (χ4v) is 2.23. The number of benzene rings is 1. The molecule has 0 aliphatic carbocycles.